The van der Waals surface area contributed by atoms with Gasteiger partial charge in [0.15, 0.2) is 11.5 Å². The van der Waals surface area contributed by atoms with Gasteiger partial charge in [-0.3, -0.25) is 4.79 Å². The lowest BCUT2D eigenvalue weighted by molar-refractivity contribution is -0.286. The number of hydrogen-bond acceptors (Lipinski definition) is 6. The molecular weight excluding hydrogens is 432 g/mol. The van der Waals surface area contributed by atoms with Crippen molar-refractivity contribution in [3.8, 4) is 28.6 Å². The summed E-state index contributed by atoms with van der Waals surface area (Å²) in [6, 6.07) is 9.92. The summed E-state index contributed by atoms with van der Waals surface area (Å²) in [5.41, 5.74) is 3.02. The van der Waals surface area contributed by atoms with Crippen molar-refractivity contribution in [2.75, 3.05) is 12.4 Å². The van der Waals surface area contributed by atoms with E-state index in [1.807, 2.05) is 19.9 Å². The Bertz CT molecular complexity index is 1270. The number of carbonyl (C=O) groups excluding carboxylic acids is 1. The van der Waals surface area contributed by atoms with E-state index in [0.29, 0.717) is 35.8 Å². The Morgan fingerprint density at radius 1 is 1.12 bits per heavy atom. The van der Waals surface area contributed by atoms with E-state index in [2.05, 4.69) is 24.8 Å². The molecule has 2 aliphatic rings. The SMILES string of the molecule is COc1ncccc1-c1nc(NC(=O)C2(c3ccc4c(c3)OC(F)(F)O4)CC2)cc(C)c1C. The Kier molecular flexibility index (Phi) is 4.73. The molecule has 0 bridgehead atoms. The number of anilines is 1. The number of aryl methyl sites for hydroxylation is 1. The average Bonchev–Trinajstić information content (AvgIpc) is 3.53. The smallest absolute Gasteiger partial charge is 0.481 e. The maximum absolute atomic E-state index is 13.4. The molecule has 1 fully saturated rings. The minimum absolute atomic E-state index is 0.0501. The number of amides is 1. The molecule has 1 N–H and O–H groups in total. The lowest BCUT2D eigenvalue weighted by Crippen LogP contribution is -2.28. The van der Waals surface area contributed by atoms with E-state index < -0.39 is 11.7 Å². The number of hydrogen-bond donors (Lipinski definition) is 1. The van der Waals surface area contributed by atoms with Crippen molar-refractivity contribution in [2.45, 2.75) is 38.4 Å². The molecule has 1 aliphatic carbocycles. The molecule has 5 rings (SSSR count). The van der Waals surface area contributed by atoms with Gasteiger partial charge in [0.25, 0.3) is 0 Å². The van der Waals surface area contributed by atoms with E-state index in [1.54, 1.807) is 24.4 Å². The zero-order valence-electron chi connectivity index (χ0n) is 18.2. The van der Waals surface area contributed by atoms with E-state index >= 15 is 0 Å². The van der Waals surface area contributed by atoms with Crippen LogP contribution in [0.25, 0.3) is 11.3 Å². The summed E-state index contributed by atoms with van der Waals surface area (Å²) < 4.78 is 41.2. The number of carbonyl (C=O) groups is 1. The van der Waals surface area contributed by atoms with E-state index in [4.69, 9.17) is 4.74 Å². The Labute approximate surface area is 188 Å². The first kappa shape index (κ1) is 21.1. The van der Waals surface area contributed by atoms with Gasteiger partial charge in [-0.2, -0.15) is 0 Å². The Hall–Kier alpha value is -3.75. The maximum atomic E-state index is 13.4. The summed E-state index contributed by atoms with van der Waals surface area (Å²) in [5.74, 6) is 0.444. The molecule has 1 aliphatic heterocycles. The molecule has 1 aromatic carbocycles. The van der Waals surface area contributed by atoms with Gasteiger partial charge < -0.3 is 19.5 Å². The molecule has 2 aromatic heterocycles. The number of ether oxygens (including phenoxy) is 3. The number of alkyl halides is 2. The first-order valence-corrected chi connectivity index (χ1v) is 10.4. The highest BCUT2D eigenvalue weighted by Gasteiger charge is 2.53. The van der Waals surface area contributed by atoms with Crippen molar-refractivity contribution in [3.63, 3.8) is 0 Å². The van der Waals surface area contributed by atoms with Crippen LogP contribution >= 0.6 is 0 Å². The first-order chi connectivity index (χ1) is 15.7. The number of methoxy groups -OCH3 is 1. The Balaban J connectivity index is 1.45. The third kappa shape index (κ3) is 3.63. The molecule has 33 heavy (non-hydrogen) atoms. The molecule has 9 heteroatoms. The summed E-state index contributed by atoms with van der Waals surface area (Å²) in [6.45, 7) is 3.88. The van der Waals surface area contributed by atoms with Crippen LogP contribution in [0.3, 0.4) is 0 Å². The summed E-state index contributed by atoms with van der Waals surface area (Å²) in [6.07, 6.45) is -0.896. The Morgan fingerprint density at radius 3 is 2.61 bits per heavy atom. The van der Waals surface area contributed by atoms with Crippen molar-refractivity contribution >= 4 is 11.7 Å². The highest BCUT2D eigenvalue weighted by atomic mass is 19.3. The van der Waals surface area contributed by atoms with Crippen LogP contribution < -0.4 is 19.5 Å². The van der Waals surface area contributed by atoms with Crippen molar-refractivity contribution in [1.82, 2.24) is 9.97 Å². The number of aromatic nitrogens is 2. The molecule has 7 nitrogen and oxygen atoms in total. The van der Waals surface area contributed by atoms with E-state index in [-0.39, 0.29) is 17.4 Å². The van der Waals surface area contributed by atoms with Gasteiger partial charge in [0.2, 0.25) is 11.8 Å². The van der Waals surface area contributed by atoms with Gasteiger partial charge in [-0.05, 0) is 73.7 Å². The van der Waals surface area contributed by atoms with Gasteiger partial charge in [0.1, 0.15) is 5.82 Å². The molecule has 1 saturated carbocycles. The van der Waals surface area contributed by atoms with Gasteiger partial charge in [-0.15, -0.1) is 8.78 Å². The number of nitrogens with zero attached hydrogens (tertiary/aromatic N) is 2. The molecule has 3 aromatic rings. The molecule has 0 radical (unpaired) electrons. The Morgan fingerprint density at radius 2 is 1.88 bits per heavy atom. The third-order valence-electron chi connectivity index (χ3n) is 6.13. The maximum Gasteiger partial charge on any atom is 0.586 e. The quantitative estimate of drug-likeness (QED) is 0.600. The molecule has 0 saturated heterocycles. The summed E-state index contributed by atoms with van der Waals surface area (Å²) in [5, 5.41) is 2.91. The summed E-state index contributed by atoms with van der Waals surface area (Å²) in [4.78, 5) is 22.2. The van der Waals surface area contributed by atoms with Crippen LogP contribution in [0.1, 0.15) is 29.5 Å². The predicted molar refractivity (Wildman–Crippen MR) is 116 cm³/mol. The minimum atomic E-state index is -3.70. The van der Waals surface area contributed by atoms with Crippen molar-refractivity contribution < 1.29 is 27.8 Å². The lowest BCUT2D eigenvalue weighted by Gasteiger charge is -2.18. The molecule has 0 unspecified atom stereocenters. The second kappa shape index (κ2) is 7.40. The lowest BCUT2D eigenvalue weighted by atomic mass is 9.94. The molecular formula is C24H21F2N3O4. The fourth-order valence-corrected chi connectivity index (χ4v) is 4.05. The largest absolute Gasteiger partial charge is 0.586 e. The van der Waals surface area contributed by atoms with Gasteiger partial charge in [-0.1, -0.05) is 6.07 Å². The number of halogens is 2. The number of benzene rings is 1. The van der Waals surface area contributed by atoms with E-state index in [0.717, 1.165) is 16.7 Å². The molecule has 170 valence electrons. The summed E-state index contributed by atoms with van der Waals surface area (Å²) >= 11 is 0. The first-order valence-electron chi connectivity index (χ1n) is 10.4. The number of fused-ring (bicyclic) bond motifs is 1. The van der Waals surface area contributed by atoms with Crippen LogP contribution in [0.2, 0.25) is 0 Å². The number of rotatable bonds is 5. The molecule has 3 heterocycles. The topological polar surface area (TPSA) is 82.6 Å². The third-order valence-corrected chi connectivity index (χ3v) is 6.13. The zero-order valence-corrected chi connectivity index (χ0v) is 18.2. The van der Waals surface area contributed by atoms with Gasteiger partial charge in [-0.25, -0.2) is 9.97 Å². The van der Waals surface area contributed by atoms with Crippen LogP contribution in [0, 0.1) is 13.8 Å². The predicted octanol–water partition coefficient (Wildman–Crippen LogP) is 4.76. The van der Waals surface area contributed by atoms with Crippen molar-refractivity contribution in [3.05, 3.63) is 59.3 Å². The number of pyridine rings is 2. The second-order valence-electron chi connectivity index (χ2n) is 8.22. The van der Waals surface area contributed by atoms with E-state index in [1.165, 1.54) is 19.2 Å². The summed E-state index contributed by atoms with van der Waals surface area (Å²) in [7, 11) is 1.54. The standard InChI is InChI=1S/C24H21F2N3O4/c1-13-11-19(28-20(14(13)2)16-5-4-10-27-21(16)31-3)29-22(30)23(8-9-23)15-6-7-17-18(12-15)33-24(25,26)32-17/h4-7,10-12H,8-9H2,1-3H3,(H,28,29,30). The van der Waals surface area contributed by atoms with Crippen LogP contribution in [0.15, 0.2) is 42.6 Å². The highest BCUT2D eigenvalue weighted by Crippen LogP contribution is 2.52. The zero-order chi connectivity index (χ0) is 23.4. The van der Waals surface area contributed by atoms with Crippen LogP contribution in [0.4, 0.5) is 14.6 Å². The van der Waals surface area contributed by atoms with Crippen LogP contribution in [-0.2, 0) is 10.2 Å². The normalized spacial score (nSPS) is 16.9. The minimum Gasteiger partial charge on any atom is -0.481 e. The monoisotopic (exact) mass is 453 g/mol. The van der Waals surface area contributed by atoms with Crippen molar-refractivity contribution in [2.24, 2.45) is 0 Å². The number of nitrogens with one attached hydrogen (secondary N) is 1. The average molecular weight is 453 g/mol. The second-order valence-corrected chi connectivity index (χ2v) is 8.22. The van der Waals surface area contributed by atoms with Crippen LogP contribution in [-0.4, -0.2) is 29.3 Å². The van der Waals surface area contributed by atoms with Crippen LogP contribution in [0.5, 0.6) is 17.4 Å². The molecule has 0 spiro atoms. The fraction of sp³-hybridized carbons (Fsp3) is 0.292. The fourth-order valence-electron chi connectivity index (χ4n) is 4.05. The van der Waals surface area contributed by atoms with Crippen molar-refractivity contribution in [1.29, 1.82) is 0 Å². The highest BCUT2D eigenvalue weighted by molar-refractivity contribution is 6.01. The van der Waals surface area contributed by atoms with Gasteiger partial charge in [0, 0.05) is 6.20 Å². The molecule has 0 atom stereocenters. The van der Waals surface area contributed by atoms with E-state index in [9.17, 15) is 13.6 Å². The molecule has 1 amide bonds. The van der Waals surface area contributed by atoms with Gasteiger partial charge in [0.05, 0.1) is 23.8 Å². The van der Waals surface area contributed by atoms with Gasteiger partial charge >= 0.3 is 6.29 Å².